The standard InChI is InChI=1S/C24H22N2O2/c1-4-17-5-10-22-21(14-17)26-24(28-22)18-6-8-20(9-7-18)25-23(27)19-12-15(2)11-16(3)13-19/h5-14H,4H2,1-3H3,(H,25,27). The second kappa shape index (κ2) is 7.31. The molecule has 0 atom stereocenters. The van der Waals surface area contributed by atoms with Crippen LogP contribution < -0.4 is 5.32 Å². The summed E-state index contributed by atoms with van der Waals surface area (Å²) in [6.07, 6.45) is 0.965. The first-order valence-electron chi connectivity index (χ1n) is 9.41. The molecule has 0 aliphatic carbocycles. The van der Waals surface area contributed by atoms with Crippen LogP contribution >= 0.6 is 0 Å². The van der Waals surface area contributed by atoms with Gasteiger partial charge in [-0.1, -0.05) is 30.2 Å². The third kappa shape index (κ3) is 3.67. The van der Waals surface area contributed by atoms with Crippen LogP contribution in [0.5, 0.6) is 0 Å². The quantitative estimate of drug-likeness (QED) is 0.485. The number of oxazole rings is 1. The fourth-order valence-electron chi connectivity index (χ4n) is 3.32. The minimum atomic E-state index is -0.117. The number of aryl methyl sites for hydroxylation is 3. The van der Waals surface area contributed by atoms with E-state index in [0.717, 1.165) is 39.9 Å². The number of nitrogens with zero attached hydrogens (tertiary/aromatic N) is 1. The number of aromatic nitrogens is 1. The molecule has 3 aromatic carbocycles. The number of fused-ring (bicyclic) bond motifs is 1. The molecule has 0 saturated carbocycles. The summed E-state index contributed by atoms with van der Waals surface area (Å²) in [6.45, 7) is 6.10. The third-order valence-electron chi connectivity index (χ3n) is 4.73. The van der Waals surface area contributed by atoms with Crippen molar-refractivity contribution in [2.75, 3.05) is 5.32 Å². The van der Waals surface area contributed by atoms with Crippen LogP contribution in [0.15, 0.2) is 65.1 Å². The average Bonchev–Trinajstić information content (AvgIpc) is 3.11. The van der Waals surface area contributed by atoms with Gasteiger partial charge in [-0.2, -0.15) is 0 Å². The maximum absolute atomic E-state index is 12.5. The molecule has 4 aromatic rings. The van der Waals surface area contributed by atoms with Gasteiger partial charge in [0.05, 0.1) is 0 Å². The Bertz CT molecular complexity index is 1140. The molecule has 0 bridgehead atoms. The van der Waals surface area contributed by atoms with E-state index in [1.165, 1.54) is 5.56 Å². The molecule has 0 radical (unpaired) electrons. The van der Waals surface area contributed by atoms with E-state index in [1.807, 2.05) is 56.3 Å². The summed E-state index contributed by atoms with van der Waals surface area (Å²) in [5, 5.41) is 2.94. The highest BCUT2D eigenvalue weighted by molar-refractivity contribution is 6.04. The van der Waals surface area contributed by atoms with Crippen molar-refractivity contribution in [3.63, 3.8) is 0 Å². The number of hydrogen-bond donors (Lipinski definition) is 1. The van der Waals surface area contributed by atoms with Gasteiger partial charge in [0.1, 0.15) is 5.52 Å². The average molecular weight is 370 g/mol. The van der Waals surface area contributed by atoms with Crippen LogP contribution in [0.1, 0.15) is 34.0 Å². The van der Waals surface area contributed by atoms with Gasteiger partial charge in [-0.3, -0.25) is 4.79 Å². The van der Waals surface area contributed by atoms with Gasteiger partial charge in [-0.25, -0.2) is 4.98 Å². The van der Waals surface area contributed by atoms with Crippen molar-refractivity contribution in [2.45, 2.75) is 27.2 Å². The summed E-state index contributed by atoms with van der Waals surface area (Å²) in [5.74, 6) is 0.462. The van der Waals surface area contributed by atoms with Gasteiger partial charge in [-0.05, 0) is 74.4 Å². The van der Waals surface area contributed by atoms with Crippen LogP contribution in [-0.2, 0) is 6.42 Å². The van der Waals surface area contributed by atoms with Crippen LogP contribution in [-0.4, -0.2) is 10.9 Å². The van der Waals surface area contributed by atoms with E-state index in [1.54, 1.807) is 0 Å². The van der Waals surface area contributed by atoms with Gasteiger partial charge in [0, 0.05) is 16.8 Å². The molecule has 0 aliphatic heterocycles. The maximum atomic E-state index is 12.5. The Kier molecular flexibility index (Phi) is 4.70. The van der Waals surface area contributed by atoms with Crippen molar-refractivity contribution in [2.24, 2.45) is 0 Å². The zero-order valence-corrected chi connectivity index (χ0v) is 16.2. The number of hydrogen-bond acceptors (Lipinski definition) is 3. The first-order valence-corrected chi connectivity index (χ1v) is 9.41. The Morgan fingerprint density at radius 2 is 1.68 bits per heavy atom. The predicted octanol–water partition coefficient (Wildman–Crippen LogP) is 5.93. The van der Waals surface area contributed by atoms with E-state index in [4.69, 9.17) is 4.42 Å². The molecule has 0 saturated heterocycles. The topological polar surface area (TPSA) is 55.1 Å². The van der Waals surface area contributed by atoms with E-state index < -0.39 is 0 Å². The largest absolute Gasteiger partial charge is 0.436 e. The minimum absolute atomic E-state index is 0.117. The zero-order valence-electron chi connectivity index (χ0n) is 16.2. The second-order valence-corrected chi connectivity index (χ2v) is 7.08. The molecule has 4 heteroatoms. The molecule has 0 unspecified atom stereocenters. The Labute approximate surface area is 164 Å². The molecule has 4 rings (SSSR count). The normalized spacial score (nSPS) is 11.0. The van der Waals surface area contributed by atoms with Crippen LogP contribution in [0.2, 0.25) is 0 Å². The van der Waals surface area contributed by atoms with Crippen LogP contribution in [0.4, 0.5) is 5.69 Å². The molecule has 0 spiro atoms. The SMILES string of the molecule is CCc1ccc2oc(-c3ccc(NC(=O)c4cc(C)cc(C)c4)cc3)nc2c1. The summed E-state index contributed by atoms with van der Waals surface area (Å²) >= 11 is 0. The fraction of sp³-hybridized carbons (Fsp3) is 0.167. The van der Waals surface area contributed by atoms with Crippen LogP contribution in [0, 0.1) is 13.8 Å². The van der Waals surface area contributed by atoms with Crippen LogP contribution in [0.3, 0.4) is 0 Å². The molecular formula is C24H22N2O2. The van der Waals surface area contributed by atoms with Gasteiger partial charge in [-0.15, -0.1) is 0 Å². The Morgan fingerprint density at radius 1 is 0.964 bits per heavy atom. The summed E-state index contributed by atoms with van der Waals surface area (Å²) in [4.78, 5) is 17.1. The smallest absolute Gasteiger partial charge is 0.255 e. The van der Waals surface area contributed by atoms with E-state index >= 15 is 0 Å². The number of benzene rings is 3. The molecule has 1 N–H and O–H groups in total. The lowest BCUT2D eigenvalue weighted by molar-refractivity contribution is 0.102. The highest BCUT2D eigenvalue weighted by Crippen LogP contribution is 2.26. The lowest BCUT2D eigenvalue weighted by Crippen LogP contribution is -2.12. The van der Waals surface area contributed by atoms with E-state index in [2.05, 4.69) is 35.4 Å². The number of carbonyl (C=O) groups excluding carboxylic acids is 1. The highest BCUT2D eigenvalue weighted by Gasteiger charge is 2.10. The molecule has 0 fully saturated rings. The van der Waals surface area contributed by atoms with Gasteiger partial charge < -0.3 is 9.73 Å². The molecule has 140 valence electrons. The minimum Gasteiger partial charge on any atom is -0.436 e. The number of amides is 1. The molecule has 0 aliphatic rings. The van der Waals surface area contributed by atoms with Gasteiger partial charge >= 0.3 is 0 Å². The molecule has 1 heterocycles. The Hall–Kier alpha value is -3.40. The molecule has 4 nitrogen and oxygen atoms in total. The number of nitrogens with one attached hydrogen (secondary N) is 1. The highest BCUT2D eigenvalue weighted by atomic mass is 16.3. The van der Waals surface area contributed by atoms with Crippen molar-refractivity contribution in [3.05, 3.63) is 82.9 Å². The fourth-order valence-corrected chi connectivity index (χ4v) is 3.32. The Balaban J connectivity index is 1.54. The Morgan fingerprint density at radius 3 is 2.36 bits per heavy atom. The second-order valence-electron chi connectivity index (χ2n) is 7.08. The number of anilines is 1. The zero-order chi connectivity index (χ0) is 19.7. The van der Waals surface area contributed by atoms with Crippen LogP contribution in [0.25, 0.3) is 22.6 Å². The molecular weight excluding hydrogens is 348 g/mol. The number of carbonyl (C=O) groups is 1. The van der Waals surface area contributed by atoms with Crippen molar-refractivity contribution in [1.29, 1.82) is 0 Å². The maximum Gasteiger partial charge on any atom is 0.255 e. The first-order chi connectivity index (χ1) is 13.5. The summed E-state index contributed by atoms with van der Waals surface area (Å²) < 4.78 is 5.87. The lowest BCUT2D eigenvalue weighted by atomic mass is 10.1. The summed E-state index contributed by atoms with van der Waals surface area (Å²) in [7, 11) is 0. The van der Waals surface area contributed by atoms with Gasteiger partial charge in [0.15, 0.2) is 5.58 Å². The van der Waals surface area contributed by atoms with E-state index in [-0.39, 0.29) is 5.91 Å². The van der Waals surface area contributed by atoms with Crippen molar-refractivity contribution < 1.29 is 9.21 Å². The van der Waals surface area contributed by atoms with E-state index in [0.29, 0.717) is 11.5 Å². The van der Waals surface area contributed by atoms with E-state index in [9.17, 15) is 4.79 Å². The van der Waals surface area contributed by atoms with Gasteiger partial charge in [0.25, 0.3) is 5.91 Å². The van der Waals surface area contributed by atoms with Crippen molar-refractivity contribution in [1.82, 2.24) is 4.98 Å². The molecule has 1 amide bonds. The first kappa shape index (κ1) is 18.0. The van der Waals surface area contributed by atoms with Crippen molar-refractivity contribution in [3.8, 4) is 11.5 Å². The summed E-state index contributed by atoms with van der Waals surface area (Å²) in [5.41, 5.74) is 7.28. The third-order valence-corrected chi connectivity index (χ3v) is 4.73. The molecule has 28 heavy (non-hydrogen) atoms. The lowest BCUT2D eigenvalue weighted by Gasteiger charge is -2.07. The predicted molar refractivity (Wildman–Crippen MR) is 113 cm³/mol. The van der Waals surface area contributed by atoms with Gasteiger partial charge in [0.2, 0.25) is 5.89 Å². The summed E-state index contributed by atoms with van der Waals surface area (Å²) in [6, 6.07) is 19.4. The number of rotatable bonds is 4. The van der Waals surface area contributed by atoms with Crippen molar-refractivity contribution >= 4 is 22.7 Å². The molecule has 1 aromatic heterocycles. The monoisotopic (exact) mass is 370 g/mol.